The van der Waals surface area contributed by atoms with Crippen LogP contribution < -0.4 is 5.32 Å². The van der Waals surface area contributed by atoms with Gasteiger partial charge >= 0.3 is 5.97 Å². The first-order valence-corrected chi connectivity index (χ1v) is 13.5. The molecule has 0 radical (unpaired) electrons. The molecule has 192 valence electrons. The van der Waals surface area contributed by atoms with Gasteiger partial charge in [0.15, 0.2) is 0 Å². The summed E-state index contributed by atoms with van der Waals surface area (Å²) in [5.41, 5.74) is 6.86. The van der Waals surface area contributed by atoms with E-state index in [0.29, 0.717) is 17.3 Å². The number of benzene rings is 1. The number of thiazole rings is 1. The molecule has 1 aromatic carbocycles. The number of esters is 1. The Labute approximate surface area is 224 Å². The van der Waals surface area contributed by atoms with Crippen LogP contribution in [0.25, 0.3) is 44.8 Å². The summed E-state index contributed by atoms with van der Waals surface area (Å²) in [4.78, 5) is 36.5. The molecule has 4 aromatic heterocycles. The minimum atomic E-state index is -0.386. The van der Waals surface area contributed by atoms with Crippen molar-refractivity contribution in [2.24, 2.45) is 0 Å². The maximum Gasteiger partial charge on any atom is 0.367 e. The van der Waals surface area contributed by atoms with E-state index >= 15 is 0 Å². The Kier molecular flexibility index (Phi) is 6.91. The van der Waals surface area contributed by atoms with Crippen LogP contribution in [0.2, 0.25) is 0 Å². The minimum Gasteiger partial charge on any atom is -0.459 e. The molecule has 10 heteroatoms. The number of hydrogen-bond acceptors (Lipinski definition) is 9. The van der Waals surface area contributed by atoms with Crippen molar-refractivity contribution in [1.82, 2.24) is 35.1 Å². The second kappa shape index (κ2) is 10.8. The third kappa shape index (κ3) is 5.19. The highest BCUT2D eigenvalue weighted by Crippen LogP contribution is 2.31. The van der Waals surface area contributed by atoms with Crippen molar-refractivity contribution < 1.29 is 9.53 Å². The fourth-order valence-electron chi connectivity index (χ4n) is 4.57. The first-order valence-electron chi connectivity index (χ1n) is 12.6. The number of rotatable bonds is 7. The molecule has 0 atom stereocenters. The van der Waals surface area contributed by atoms with Crippen molar-refractivity contribution in [3.63, 3.8) is 0 Å². The van der Waals surface area contributed by atoms with Gasteiger partial charge in [0.05, 0.1) is 34.6 Å². The van der Waals surface area contributed by atoms with E-state index in [1.807, 2.05) is 48.7 Å². The van der Waals surface area contributed by atoms with Gasteiger partial charge in [0, 0.05) is 66.5 Å². The number of nitrogens with zero attached hydrogens (tertiary/aromatic N) is 5. The van der Waals surface area contributed by atoms with Gasteiger partial charge in [-0.2, -0.15) is 0 Å². The largest absolute Gasteiger partial charge is 0.459 e. The summed E-state index contributed by atoms with van der Waals surface area (Å²) in [6, 6.07) is 14.0. The topological polar surface area (TPSA) is 109 Å². The maximum absolute atomic E-state index is 12.6. The summed E-state index contributed by atoms with van der Waals surface area (Å²) >= 11 is 1.29. The maximum atomic E-state index is 12.6. The Morgan fingerprint density at radius 1 is 1.05 bits per heavy atom. The lowest BCUT2D eigenvalue weighted by molar-refractivity contribution is 0.0455. The number of carbonyl (C=O) groups excluding carboxylic acids is 1. The molecule has 2 N–H and O–H groups in total. The Hall–Kier alpha value is -3.99. The highest BCUT2D eigenvalue weighted by molar-refractivity contribution is 7.11. The van der Waals surface area contributed by atoms with Gasteiger partial charge in [0.25, 0.3) is 0 Å². The number of nitrogens with one attached hydrogen (secondary N) is 2. The molecule has 1 aliphatic rings. The number of hydrogen-bond donors (Lipinski definition) is 2. The second-order valence-electron chi connectivity index (χ2n) is 9.19. The predicted octanol–water partition coefficient (Wildman–Crippen LogP) is 4.18. The summed E-state index contributed by atoms with van der Waals surface area (Å²) in [7, 11) is 0. The molecular weight excluding hydrogens is 498 g/mol. The summed E-state index contributed by atoms with van der Waals surface area (Å²) in [5, 5.41) is 6.50. The van der Waals surface area contributed by atoms with Gasteiger partial charge < -0.3 is 15.0 Å². The number of carbonyl (C=O) groups is 1. The molecular formula is C28H27N7O2S. The molecule has 6 rings (SSSR count). The van der Waals surface area contributed by atoms with E-state index in [2.05, 4.69) is 41.2 Å². The van der Waals surface area contributed by atoms with Crippen molar-refractivity contribution in [2.45, 2.75) is 6.92 Å². The fourth-order valence-corrected chi connectivity index (χ4v) is 5.29. The first-order chi connectivity index (χ1) is 18.6. The van der Waals surface area contributed by atoms with E-state index < -0.39 is 0 Å². The van der Waals surface area contributed by atoms with Crippen molar-refractivity contribution in [3.05, 3.63) is 71.1 Å². The number of fused-ring (bicyclic) bond motifs is 1. The SMILES string of the molecule is Cc1cccc(-c2[nH]cnc2-c2ccc3ncc(-c4csc(C(=O)OCCN5CCNCC5)n4)cc3c2)n1. The zero-order valence-electron chi connectivity index (χ0n) is 21.0. The Balaban J connectivity index is 1.20. The zero-order valence-corrected chi connectivity index (χ0v) is 21.8. The molecule has 1 saturated heterocycles. The van der Waals surface area contributed by atoms with Crippen molar-refractivity contribution in [3.8, 4) is 33.9 Å². The predicted molar refractivity (Wildman–Crippen MR) is 148 cm³/mol. The van der Waals surface area contributed by atoms with Gasteiger partial charge in [0.1, 0.15) is 6.61 Å². The lowest BCUT2D eigenvalue weighted by atomic mass is 10.0. The quantitative estimate of drug-likeness (QED) is 0.305. The zero-order chi connectivity index (χ0) is 25.9. The Morgan fingerprint density at radius 2 is 1.92 bits per heavy atom. The average molecular weight is 526 g/mol. The van der Waals surface area contributed by atoms with Crippen molar-refractivity contribution in [2.75, 3.05) is 39.3 Å². The second-order valence-corrected chi connectivity index (χ2v) is 10.0. The number of aromatic amines is 1. The van der Waals surface area contributed by atoms with Crippen LogP contribution in [-0.2, 0) is 4.74 Å². The van der Waals surface area contributed by atoms with Gasteiger partial charge in [-0.05, 0) is 37.3 Å². The third-order valence-electron chi connectivity index (χ3n) is 6.56. The molecule has 1 aliphatic heterocycles. The van der Waals surface area contributed by atoms with Crippen LogP contribution in [0.3, 0.4) is 0 Å². The number of pyridine rings is 2. The van der Waals surface area contributed by atoms with E-state index in [0.717, 1.165) is 77.5 Å². The molecule has 0 aliphatic carbocycles. The summed E-state index contributed by atoms with van der Waals surface area (Å²) < 4.78 is 5.48. The summed E-state index contributed by atoms with van der Waals surface area (Å²) in [6.07, 6.45) is 3.47. The number of aromatic nitrogens is 5. The Bertz CT molecular complexity index is 1590. The van der Waals surface area contributed by atoms with Gasteiger partial charge in [-0.3, -0.25) is 14.9 Å². The molecule has 0 saturated carbocycles. The molecule has 0 unspecified atom stereocenters. The van der Waals surface area contributed by atoms with Gasteiger partial charge in [-0.15, -0.1) is 11.3 Å². The molecule has 5 aromatic rings. The molecule has 38 heavy (non-hydrogen) atoms. The minimum absolute atomic E-state index is 0.348. The Morgan fingerprint density at radius 3 is 2.79 bits per heavy atom. The number of piperazine rings is 1. The molecule has 1 fully saturated rings. The summed E-state index contributed by atoms with van der Waals surface area (Å²) in [5.74, 6) is -0.386. The van der Waals surface area contributed by atoms with Crippen LogP contribution in [0.5, 0.6) is 0 Å². The number of imidazole rings is 1. The number of H-pyrrole nitrogens is 1. The summed E-state index contributed by atoms with van der Waals surface area (Å²) in [6.45, 7) is 6.96. The average Bonchev–Trinajstić information content (AvgIpc) is 3.64. The third-order valence-corrected chi connectivity index (χ3v) is 7.39. The fraction of sp³-hybridized carbons (Fsp3) is 0.250. The van der Waals surface area contributed by atoms with Crippen LogP contribution in [0.1, 0.15) is 15.5 Å². The van der Waals surface area contributed by atoms with Crippen molar-refractivity contribution in [1.29, 1.82) is 0 Å². The number of aryl methyl sites for hydroxylation is 1. The molecule has 0 amide bonds. The molecule has 5 heterocycles. The van der Waals surface area contributed by atoms with E-state index in [4.69, 9.17) is 4.74 Å². The number of ether oxygens (including phenoxy) is 1. The van der Waals surface area contributed by atoms with Crippen LogP contribution in [0.4, 0.5) is 0 Å². The van der Waals surface area contributed by atoms with Crippen LogP contribution in [0.15, 0.2) is 60.4 Å². The van der Waals surface area contributed by atoms with Gasteiger partial charge in [0.2, 0.25) is 5.01 Å². The highest BCUT2D eigenvalue weighted by atomic mass is 32.1. The monoisotopic (exact) mass is 525 g/mol. The van der Waals surface area contributed by atoms with Crippen LogP contribution in [0, 0.1) is 6.92 Å². The standard InChI is InChI=1S/C28H27N7O2S/c1-18-3-2-4-23(33-18)26-25(31-17-32-26)19-5-6-22-20(13-19)14-21(15-30-22)24-16-38-27(34-24)28(36)37-12-11-35-9-7-29-8-10-35/h2-6,13-17,29H,7-12H2,1H3,(H,31,32). The van der Waals surface area contributed by atoms with Crippen LogP contribution in [-0.4, -0.2) is 75.1 Å². The van der Waals surface area contributed by atoms with E-state index in [1.54, 1.807) is 12.5 Å². The van der Waals surface area contributed by atoms with Gasteiger partial charge in [-0.1, -0.05) is 12.1 Å². The normalized spacial score (nSPS) is 14.1. The molecule has 0 spiro atoms. The first kappa shape index (κ1) is 24.4. The molecule has 0 bridgehead atoms. The van der Waals surface area contributed by atoms with Crippen molar-refractivity contribution >= 4 is 28.2 Å². The van der Waals surface area contributed by atoms with E-state index in [1.165, 1.54) is 11.3 Å². The van der Waals surface area contributed by atoms with Crippen LogP contribution >= 0.6 is 11.3 Å². The lowest BCUT2D eigenvalue weighted by Crippen LogP contribution is -2.44. The van der Waals surface area contributed by atoms with Gasteiger partial charge in [-0.25, -0.2) is 14.8 Å². The van der Waals surface area contributed by atoms with E-state index in [-0.39, 0.29) is 5.97 Å². The smallest absolute Gasteiger partial charge is 0.367 e. The lowest BCUT2D eigenvalue weighted by Gasteiger charge is -2.26. The molecule has 9 nitrogen and oxygen atoms in total. The highest BCUT2D eigenvalue weighted by Gasteiger charge is 2.17. The van der Waals surface area contributed by atoms with E-state index in [9.17, 15) is 4.79 Å².